The molecule has 96 valence electrons. The van der Waals surface area contributed by atoms with Crippen LogP contribution in [0.2, 0.25) is 0 Å². The lowest BCUT2D eigenvalue weighted by Gasteiger charge is -2.23. The second-order valence-corrected chi connectivity index (χ2v) is 4.42. The fraction of sp³-hybridized carbons (Fsp3) is 0.364. The van der Waals surface area contributed by atoms with E-state index in [4.69, 9.17) is 5.73 Å². The molecule has 2 rings (SSSR count). The van der Waals surface area contributed by atoms with Gasteiger partial charge in [0.2, 0.25) is 5.82 Å². The van der Waals surface area contributed by atoms with Gasteiger partial charge in [0, 0.05) is 5.56 Å². The Balaban J connectivity index is 2.23. The van der Waals surface area contributed by atoms with Crippen LogP contribution in [-0.4, -0.2) is 32.6 Å². The molecule has 1 unspecified atom stereocenters. The molecular formula is C11H13F2N5. The number of aromatic amines is 1. The van der Waals surface area contributed by atoms with Gasteiger partial charge in [-0.1, -0.05) is 18.2 Å². The fourth-order valence-electron chi connectivity index (χ4n) is 1.62. The van der Waals surface area contributed by atoms with Gasteiger partial charge in [-0.25, -0.2) is 8.78 Å². The predicted molar refractivity (Wildman–Crippen MR) is 61.9 cm³/mol. The molecule has 2 aromatic rings. The summed E-state index contributed by atoms with van der Waals surface area (Å²) in [6.45, 7) is 1.33. The quantitative estimate of drug-likeness (QED) is 0.862. The molecule has 1 aromatic carbocycles. The van der Waals surface area contributed by atoms with Gasteiger partial charge < -0.3 is 5.73 Å². The highest BCUT2D eigenvalue weighted by molar-refractivity contribution is 5.55. The Morgan fingerprint density at radius 3 is 2.83 bits per heavy atom. The molecule has 7 heteroatoms. The summed E-state index contributed by atoms with van der Waals surface area (Å²) in [6, 6.07) is 7.02. The summed E-state index contributed by atoms with van der Waals surface area (Å²) in [5.41, 5.74) is 5.44. The maximum absolute atomic E-state index is 12.7. The lowest BCUT2D eigenvalue weighted by Crippen LogP contribution is -2.45. The van der Waals surface area contributed by atoms with Gasteiger partial charge in [0.1, 0.15) is 0 Å². The van der Waals surface area contributed by atoms with Crippen LogP contribution in [0.4, 0.5) is 8.78 Å². The summed E-state index contributed by atoms with van der Waals surface area (Å²) in [5.74, 6) is 0.424. The monoisotopic (exact) mass is 253 g/mol. The van der Waals surface area contributed by atoms with Crippen LogP contribution < -0.4 is 5.73 Å². The molecule has 1 atom stereocenters. The van der Waals surface area contributed by atoms with Crippen molar-refractivity contribution in [1.29, 1.82) is 0 Å². The van der Waals surface area contributed by atoms with E-state index in [2.05, 4.69) is 20.6 Å². The number of benzene rings is 1. The molecular weight excluding hydrogens is 240 g/mol. The number of aromatic nitrogens is 4. The zero-order valence-corrected chi connectivity index (χ0v) is 9.77. The molecule has 18 heavy (non-hydrogen) atoms. The molecule has 0 aliphatic rings. The number of hydrogen-bond acceptors (Lipinski definition) is 4. The number of nitrogens with zero attached hydrogens (tertiary/aromatic N) is 3. The normalized spacial score (nSPS) is 14.7. The Hall–Kier alpha value is -1.89. The van der Waals surface area contributed by atoms with E-state index >= 15 is 0 Å². The minimum atomic E-state index is -2.58. The Labute approximate surface area is 102 Å². The summed E-state index contributed by atoms with van der Waals surface area (Å²) in [5, 5.41) is 13.5. The summed E-state index contributed by atoms with van der Waals surface area (Å²) in [7, 11) is 0. The number of rotatable bonds is 4. The van der Waals surface area contributed by atoms with Gasteiger partial charge in [0.25, 0.3) is 6.43 Å². The van der Waals surface area contributed by atoms with Gasteiger partial charge in [0.15, 0.2) is 0 Å². The largest absolute Gasteiger partial charge is 0.320 e. The van der Waals surface area contributed by atoms with Crippen LogP contribution in [-0.2, 0) is 6.42 Å². The van der Waals surface area contributed by atoms with Crippen LogP contribution in [0.15, 0.2) is 24.3 Å². The van der Waals surface area contributed by atoms with Gasteiger partial charge in [-0.2, -0.15) is 5.21 Å². The number of alkyl halides is 2. The Bertz CT molecular complexity index is 510. The molecule has 0 saturated carbocycles. The van der Waals surface area contributed by atoms with E-state index in [1.54, 1.807) is 24.3 Å². The fourth-order valence-corrected chi connectivity index (χ4v) is 1.62. The molecule has 0 saturated heterocycles. The summed E-state index contributed by atoms with van der Waals surface area (Å²) in [4.78, 5) is 0. The van der Waals surface area contributed by atoms with Gasteiger partial charge in [0.05, 0.1) is 5.54 Å². The van der Waals surface area contributed by atoms with Gasteiger partial charge in [-0.15, -0.1) is 10.2 Å². The third-order valence-corrected chi connectivity index (χ3v) is 2.61. The van der Waals surface area contributed by atoms with Crippen LogP contribution in [0.25, 0.3) is 11.4 Å². The zero-order chi connectivity index (χ0) is 13.2. The lowest BCUT2D eigenvalue weighted by atomic mass is 9.93. The van der Waals surface area contributed by atoms with E-state index in [9.17, 15) is 8.78 Å². The molecule has 0 bridgehead atoms. The molecule has 1 aromatic heterocycles. The van der Waals surface area contributed by atoms with Crippen molar-refractivity contribution in [2.45, 2.75) is 25.3 Å². The number of H-pyrrole nitrogens is 1. The molecule has 0 fully saturated rings. The highest BCUT2D eigenvalue weighted by atomic mass is 19.3. The third kappa shape index (κ3) is 2.67. The average Bonchev–Trinajstić information content (AvgIpc) is 2.82. The number of nitrogens with two attached hydrogens (primary N) is 1. The molecule has 0 radical (unpaired) electrons. The van der Waals surface area contributed by atoms with E-state index in [0.717, 1.165) is 0 Å². The van der Waals surface area contributed by atoms with E-state index in [1.807, 2.05) is 0 Å². The van der Waals surface area contributed by atoms with Crippen molar-refractivity contribution in [2.75, 3.05) is 0 Å². The Morgan fingerprint density at radius 1 is 1.44 bits per heavy atom. The second kappa shape index (κ2) is 4.77. The molecule has 0 amide bonds. The van der Waals surface area contributed by atoms with Crippen molar-refractivity contribution in [3.05, 3.63) is 29.8 Å². The minimum Gasteiger partial charge on any atom is -0.320 e. The highest BCUT2D eigenvalue weighted by Gasteiger charge is 2.30. The van der Waals surface area contributed by atoms with Crippen LogP contribution in [0.3, 0.4) is 0 Å². The van der Waals surface area contributed by atoms with E-state index in [1.165, 1.54) is 6.92 Å². The maximum Gasteiger partial charge on any atom is 0.256 e. The first kappa shape index (κ1) is 12.6. The summed E-state index contributed by atoms with van der Waals surface area (Å²) < 4.78 is 25.4. The predicted octanol–water partition coefficient (Wildman–Crippen LogP) is 1.39. The SMILES string of the molecule is CC(N)(Cc1cccc(-c2nn[nH]n2)c1)C(F)F. The molecule has 0 spiro atoms. The highest BCUT2D eigenvalue weighted by Crippen LogP contribution is 2.21. The molecule has 3 N–H and O–H groups in total. The van der Waals surface area contributed by atoms with E-state index in [0.29, 0.717) is 17.0 Å². The van der Waals surface area contributed by atoms with Crippen molar-refractivity contribution in [1.82, 2.24) is 20.6 Å². The Kier molecular flexibility index (Phi) is 3.33. The van der Waals surface area contributed by atoms with Crippen LogP contribution in [0.5, 0.6) is 0 Å². The first-order valence-corrected chi connectivity index (χ1v) is 5.39. The molecule has 0 aliphatic carbocycles. The number of hydrogen-bond donors (Lipinski definition) is 2. The first-order valence-electron chi connectivity index (χ1n) is 5.39. The number of tetrazole rings is 1. The van der Waals surface area contributed by atoms with Crippen molar-refractivity contribution in [2.24, 2.45) is 5.73 Å². The van der Waals surface area contributed by atoms with E-state index < -0.39 is 12.0 Å². The van der Waals surface area contributed by atoms with Crippen LogP contribution in [0, 0.1) is 0 Å². The number of nitrogens with one attached hydrogen (secondary N) is 1. The standard InChI is InChI=1S/C11H13F2N5/c1-11(14,10(12)13)6-7-3-2-4-8(5-7)9-15-17-18-16-9/h2-5,10H,6,14H2,1H3,(H,15,16,17,18). The van der Waals surface area contributed by atoms with Crippen molar-refractivity contribution in [3.63, 3.8) is 0 Å². The van der Waals surface area contributed by atoms with Gasteiger partial charge >= 0.3 is 0 Å². The topological polar surface area (TPSA) is 80.5 Å². The lowest BCUT2D eigenvalue weighted by molar-refractivity contribution is 0.0639. The smallest absolute Gasteiger partial charge is 0.256 e. The van der Waals surface area contributed by atoms with Crippen LogP contribution in [0.1, 0.15) is 12.5 Å². The molecule has 0 aliphatic heterocycles. The first-order chi connectivity index (χ1) is 8.49. The zero-order valence-electron chi connectivity index (χ0n) is 9.77. The third-order valence-electron chi connectivity index (χ3n) is 2.61. The van der Waals surface area contributed by atoms with Crippen LogP contribution >= 0.6 is 0 Å². The van der Waals surface area contributed by atoms with Crippen molar-refractivity contribution in [3.8, 4) is 11.4 Å². The summed E-state index contributed by atoms with van der Waals surface area (Å²) >= 11 is 0. The van der Waals surface area contributed by atoms with E-state index in [-0.39, 0.29) is 6.42 Å². The second-order valence-electron chi connectivity index (χ2n) is 4.42. The molecule has 1 heterocycles. The maximum atomic E-state index is 12.7. The minimum absolute atomic E-state index is 0.0797. The van der Waals surface area contributed by atoms with Crippen molar-refractivity contribution < 1.29 is 8.78 Å². The molecule has 5 nitrogen and oxygen atoms in total. The van der Waals surface area contributed by atoms with Gasteiger partial charge in [-0.05, 0) is 30.2 Å². The van der Waals surface area contributed by atoms with Gasteiger partial charge in [-0.3, -0.25) is 0 Å². The Morgan fingerprint density at radius 2 is 2.22 bits per heavy atom. The summed E-state index contributed by atoms with van der Waals surface area (Å²) in [6.07, 6.45) is -2.50. The van der Waals surface area contributed by atoms with Crippen molar-refractivity contribution >= 4 is 0 Å². The number of halogens is 2. The average molecular weight is 253 g/mol.